The molecule has 3 aromatic carbocycles. The van der Waals surface area contributed by atoms with Crippen LogP contribution in [-0.4, -0.2) is 36.8 Å². The summed E-state index contributed by atoms with van der Waals surface area (Å²) in [6.45, 7) is 0.458. The van der Waals surface area contributed by atoms with Gasteiger partial charge in [-0.3, -0.25) is 4.79 Å². The Bertz CT molecular complexity index is 1400. The molecule has 1 aliphatic heterocycles. The van der Waals surface area contributed by atoms with E-state index in [2.05, 4.69) is 0 Å². The summed E-state index contributed by atoms with van der Waals surface area (Å²) in [7, 11) is -3.18. The van der Waals surface area contributed by atoms with Crippen molar-refractivity contribution in [1.29, 1.82) is 0 Å². The number of benzene rings is 3. The Kier molecular flexibility index (Phi) is 6.11. The van der Waals surface area contributed by atoms with Crippen LogP contribution in [0, 0.1) is 0 Å². The van der Waals surface area contributed by atoms with Crippen LogP contribution in [0.15, 0.2) is 89.3 Å². The van der Waals surface area contributed by atoms with Gasteiger partial charge in [0.2, 0.25) is 0 Å². The van der Waals surface area contributed by atoms with Crippen LogP contribution >= 0.6 is 0 Å². The van der Waals surface area contributed by atoms with E-state index in [1.165, 1.54) is 0 Å². The number of fused-ring (bicyclic) bond motifs is 1. The molecule has 1 aliphatic rings. The van der Waals surface area contributed by atoms with Crippen molar-refractivity contribution in [3.63, 3.8) is 0 Å². The summed E-state index contributed by atoms with van der Waals surface area (Å²) in [5.41, 5.74) is 2.18. The zero-order chi connectivity index (χ0) is 23.5. The number of carbonyl (C=O) groups excluding carboxylic acids is 1. The highest BCUT2D eigenvalue weighted by Gasteiger charge is 2.37. The van der Waals surface area contributed by atoms with Gasteiger partial charge in [0.05, 0.1) is 11.5 Å². The van der Waals surface area contributed by atoms with Crippen molar-refractivity contribution in [2.24, 2.45) is 0 Å². The van der Waals surface area contributed by atoms with Crippen molar-refractivity contribution in [2.75, 3.05) is 11.5 Å². The molecule has 1 atom stereocenters. The van der Waals surface area contributed by atoms with E-state index in [0.717, 1.165) is 10.9 Å². The molecule has 1 fully saturated rings. The number of para-hydroxylation sites is 2. The molecule has 0 unspecified atom stereocenters. The van der Waals surface area contributed by atoms with Gasteiger partial charge in [-0.1, -0.05) is 66.7 Å². The maximum absolute atomic E-state index is 13.9. The summed E-state index contributed by atoms with van der Waals surface area (Å²) in [5, 5.41) is 0.806. The summed E-state index contributed by atoms with van der Waals surface area (Å²) in [6.07, 6.45) is 0.414. The van der Waals surface area contributed by atoms with Gasteiger partial charge in [-0.05, 0) is 30.2 Å². The number of carbonyl (C=O) groups is 1. The Morgan fingerprint density at radius 2 is 1.62 bits per heavy atom. The molecular weight excluding hydrogens is 450 g/mol. The predicted molar refractivity (Wildman–Crippen MR) is 130 cm³/mol. The van der Waals surface area contributed by atoms with E-state index < -0.39 is 15.9 Å². The van der Waals surface area contributed by atoms with Gasteiger partial charge < -0.3 is 14.1 Å². The van der Waals surface area contributed by atoms with Gasteiger partial charge in [-0.25, -0.2) is 8.42 Å². The maximum Gasteiger partial charge on any atom is 0.290 e. The first-order valence-electron chi connectivity index (χ1n) is 11.2. The van der Waals surface area contributed by atoms with E-state index in [0.29, 0.717) is 29.9 Å². The normalized spacial score (nSPS) is 17.0. The molecular formula is C27H25NO5S. The quantitative estimate of drug-likeness (QED) is 0.382. The SMILES string of the molecule is O=C(c1oc2ccccc2c1COc1ccccc1)N(Cc1ccccc1)[C@@H]1CCS(=O)(=O)C1. The average Bonchev–Trinajstić information content (AvgIpc) is 3.41. The van der Waals surface area contributed by atoms with Gasteiger partial charge in [0, 0.05) is 23.5 Å². The minimum Gasteiger partial charge on any atom is -0.489 e. The van der Waals surface area contributed by atoms with Crippen molar-refractivity contribution < 1.29 is 22.4 Å². The third-order valence-corrected chi connectivity index (χ3v) is 7.88. The van der Waals surface area contributed by atoms with Crippen LogP contribution in [0.3, 0.4) is 0 Å². The van der Waals surface area contributed by atoms with Crippen LogP contribution in [0.4, 0.5) is 0 Å². The van der Waals surface area contributed by atoms with E-state index in [9.17, 15) is 13.2 Å². The Balaban J connectivity index is 1.52. The molecule has 5 rings (SSSR count). The summed E-state index contributed by atoms with van der Waals surface area (Å²) in [5.74, 6) is 0.600. The maximum atomic E-state index is 13.9. The van der Waals surface area contributed by atoms with Crippen LogP contribution in [-0.2, 0) is 23.0 Å². The van der Waals surface area contributed by atoms with Gasteiger partial charge in [-0.15, -0.1) is 0 Å². The number of furan rings is 1. The first-order valence-corrected chi connectivity index (χ1v) is 13.1. The van der Waals surface area contributed by atoms with E-state index in [4.69, 9.17) is 9.15 Å². The first kappa shape index (κ1) is 22.2. The molecule has 1 amide bonds. The minimum atomic E-state index is -3.18. The highest BCUT2D eigenvalue weighted by Crippen LogP contribution is 2.30. The largest absolute Gasteiger partial charge is 0.489 e. The molecule has 174 valence electrons. The van der Waals surface area contributed by atoms with Crippen molar-refractivity contribution in [3.05, 3.63) is 102 Å². The topological polar surface area (TPSA) is 76.8 Å². The average molecular weight is 476 g/mol. The predicted octanol–water partition coefficient (Wildman–Crippen LogP) is 4.84. The lowest BCUT2D eigenvalue weighted by Gasteiger charge is -2.28. The Labute approximate surface area is 198 Å². The summed E-state index contributed by atoms with van der Waals surface area (Å²) < 4.78 is 36.5. The number of hydrogen-bond donors (Lipinski definition) is 0. The molecule has 34 heavy (non-hydrogen) atoms. The van der Waals surface area contributed by atoms with E-state index >= 15 is 0 Å². The monoisotopic (exact) mass is 475 g/mol. The van der Waals surface area contributed by atoms with E-state index in [-0.39, 0.29) is 29.8 Å². The zero-order valence-electron chi connectivity index (χ0n) is 18.6. The third-order valence-electron chi connectivity index (χ3n) is 6.12. The van der Waals surface area contributed by atoms with Gasteiger partial charge in [0.15, 0.2) is 15.6 Å². The van der Waals surface area contributed by atoms with E-state index in [1.807, 2.05) is 84.9 Å². The molecule has 0 bridgehead atoms. The number of sulfone groups is 1. The Hall–Kier alpha value is -3.58. The molecule has 0 N–H and O–H groups in total. The van der Waals surface area contributed by atoms with Crippen LogP contribution in [0.5, 0.6) is 5.75 Å². The van der Waals surface area contributed by atoms with Crippen LogP contribution < -0.4 is 4.74 Å². The van der Waals surface area contributed by atoms with Crippen molar-refractivity contribution >= 4 is 26.7 Å². The third kappa shape index (κ3) is 4.70. The van der Waals surface area contributed by atoms with Crippen LogP contribution in [0.1, 0.15) is 28.1 Å². The van der Waals surface area contributed by atoms with Crippen molar-refractivity contribution in [3.8, 4) is 5.75 Å². The first-order chi connectivity index (χ1) is 16.5. The highest BCUT2D eigenvalue weighted by molar-refractivity contribution is 7.91. The molecule has 2 heterocycles. The second-order valence-electron chi connectivity index (χ2n) is 8.48. The van der Waals surface area contributed by atoms with E-state index in [1.54, 1.807) is 4.90 Å². The summed E-state index contributed by atoms with van der Waals surface area (Å²) in [6, 6.07) is 26.0. The number of amides is 1. The number of hydrogen-bond acceptors (Lipinski definition) is 5. The van der Waals surface area contributed by atoms with Gasteiger partial charge in [-0.2, -0.15) is 0 Å². The molecule has 0 spiro atoms. The molecule has 1 aromatic heterocycles. The zero-order valence-corrected chi connectivity index (χ0v) is 19.4. The lowest BCUT2D eigenvalue weighted by Crippen LogP contribution is -2.40. The van der Waals surface area contributed by atoms with Gasteiger partial charge >= 0.3 is 0 Å². The number of nitrogens with zero attached hydrogens (tertiary/aromatic N) is 1. The lowest BCUT2D eigenvalue weighted by molar-refractivity contribution is 0.0646. The molecule has 0 radical (unpaired) electrons. The fourth-order valence-electron chi connectivity index (χ4n) is 4.39. The molecule has 6 nitrogen and oxygen atoms in total. The summed E-state index contributed by atoms with van der Waals surface area (Å²) in [4.78, 5) is 15.6. The molecule has 0 saturated carbocycles. The molecule has 0 aliphatic carbocycles. The Morgan fingerprint density at radius 1 is 0.941 bits per heavy atom. The second-order valence-corrected chi connectivity index (χ2v) is 10.7. The standard InChI is InChI=1S/C27H25NO5S/c29-27(28(17-20-9-3-1-4-10-20)21-15-16-34(30,31)19-21)26-24(18-32-22-11-5-2-6-12-22)23-13-7-8-14-25(23)33-26/h1-14,21H,15-19H2/t21-/m1/s1. The molecule has 7 heteroatoms. The highest BCUT2D eigenvalue weighted by atomic mass is 32.2. The second kappa shape index (κ2) is 9.35. The minimum absolute atomic E-state index is 0.0400. The molecule has 4 aromatic rings. The fraction of sp³-hybridized carbons (Fsp3) is 0.222. The van der Waals surface area contributed by atoms with Crippen LogP contribution in [0.25, 0.3) is 11.0 Å². The van der Waals surface area contributed by atoms with Gasteiger partial charge in [0.25, 0.3) is 5.91 Å². The van der Waals surface area contributed by atoms with Crippen LogP contribution in [0.2, 0.25) is 0 Å². The molecule has 1 saturated heterocycles. The van der Waals surface area contributed by atoms with Crippen molar-refractivity contribution in [1.82, 2.24) is 4.90 Å². The lowest BCUT2D eigenvalue weighted by atomic mass is 10.1. The Morgan fingerprint density at radius 3 is 2.32 bits per heavy atom. The number of rotatable bonds is 7. The van der Waals surface area contributed by atoms with Crippen molar-refractivity contribution in [2.45, 2.75) is 25.6 Å². The van der Waals surface area contributed by atoms with Gasteiger partial charge in [0.1, 0.15) is 17.9 Å². The smallest absolute Gasteiger partial charge is 0.290 e. The summed E-state index contributed by atoms with van der Waals surface area (Å²) >= 11 is 0. The number of ether oxygens (including phenoxy) is 1. The fourth-order valence-corrected chi connectivity index (χ4v) is 6.12.